The highest BCUT2D eigenvalue weighted by atomic mass is 32.7. The van der Waals surface area contributed by atoms with Crippen molar-refractivity contribution in [2.75, 3.05) is 13.3 Å². The molecule has 1 fully saturated rings. The van der Waals surface area contributed by atoms with Crippen molar-refractivity contribution < 1.29 is 14.1 Å². The molecule has 0 aromatic rings. The van der Waals surface area contributed by atoms with Crippen molar-refractivity contribution in [3.05, 3.63) is 11.5 Å². The summed E-state index contributed by atoms with van der Waals surface area (Å²) in [6, 6.07) is -0.115. The van der Waals surface area contributed by atoms with Gasteiger partial charge in [-0.15, -0.1) is 12.2 Å². The van der Waals surface area contributed by atoms with E-state index in [1.165, 1.54) is 0 Å². The Morgan fingerprint density at radius 1 is 1.48 bits per heavy atom. The molecule has 0 bridgehead atoms. The zero-order valence-corrected chi connectivity index (χ0v) is 13.1. The fourth-order valence-electron chi connectivity index (χ4n) is 2.68. The Kier molecular flexibility index (Phi) is 4.43. The Balaban J connectivity index is 1.69. The van der Waals surface area contributed by atoms with Gasteiger partial charge in [-0.25, -0.2) is 0 Å². The van der Waals surface area contributed by atoms with E-state index in [0.29, 0.717) is 31.2 Å². The van der Waals surface area contributed by atoms with Crippen LogP contribution in [0, 0.1) is 0 Å². The van der Waals surface area contributed by atoms with Crippen LogP contribution in [0.5, 0.6) is 0 Å². The van der Waals surface area contributed by atoms with Crippen LogP contribution in [0.25, 0.3) is 0 Å². The van der Waals surface area contributed by atoms with Gasteiger partial charge in [0.2, 0.25) is 0 Å². The Morgan fingerprint density at radius 3 is 3.05 bits per heavy atom. The third-order valence-electron chi connectivity index (χ3n) is 3.70. The van der Waals surface area contributed by atoms with Crippen LogP contribution in [0.1, 0.15) is 6.42 Å². The van der Waals surface area contributed by atoms with Crippen LogP contribution in [-0.2, 0) is 14.1 Å². The highest BCUT2D eigenvalue weighted by molar-refractivity contribution is 8.36. The van der Waals surface area contributed by atoms with Gasteiger partial charge >= 0.3 is 0 Å². The maximum Gasteiger partial charge on any atom is 0.273 e. The lowest BCUT2D eigenvalue weighted by Crippen LogP contribution is -2.57. The standard InChI is InChI=1S/C10H19N6O3PS/c11-4-1-6(19-5(4)2-18-20-21)16-3-13-7-8(16)14-10(12)15-9(7)17/h4-6,10,13-14,20-21H,1-3,11-12H2,(H,15,17)/t4?,5-,6-,10?/m1/s1. The zero-order valence-electron chi connectivity index (χ0n) is 11.2. The molecule has 118 valence electrons. The van der Waals surface area contributed by atoms with Crippen molar-refractivity contribution in [1.29, 1.82) is 0 Å². The average Bonchev–Trinajstić information content (AvgIpc) is 3.00. The van der Waals surface area contributed by atoms with E-state index in [2.05, 4.69) is 28.2 Å². The molecule has 0 aromatic carbocycles. The maximum absolute atomic E-state index is 11.8. The molecule has 21 heavy (non-hydrogen) atoms. The Hall–Kier alpha value is -0.770. The second-order valence-corrected chi connectivity index (χ2v) is 6.07. The molecule has 0 radical (unpaired) electrons. The van der Waals surface area contributed by atoms with Crippen molar-refractivity contribution in [3.8, 4) is 0 Å². The molecule has 3 rings (SSSR count). The van der Waals surface area contributed by atoms with Crippen molar-refractivity contribution in [2.24, 2.45) is 11.5 Å². The number of ether oxygens (including phenoxy) is 1. The quantitative estimate of drug-likeness (QED) is 0.254. The van der Waals surface area contributed by atoms with Gasteiger partial charge < -0.3 is 35.8 Å². The smallest absolute Gasteiger partial charge is 0.273 e. The van der Waals surface area contributed by atoms with Crippen molar-refractivity contribution >= 4 is 26.2 Å². The summed E-state index contributed by atoms with van der Waals surface area (Å²) in [5.41, 5.74) is 12.3. The van der Waals surface area contributed by atoms with E-state index in [-0.39, 0.29) is 32.3 Å². The van der Waals surface area contributed by atoms with Gasteiger partial charge in [0.25, 0.3) is 5.91 Å². The third kappa shape index (κ3) is 2.92. The number of hydrogen-bond acceptors (Lipinski definition) is 9. The molecule has 0 saturated carbocycles. The SMILES string of the molecule is NC1NC(=O)C2=C(N1)N([C@H]1CC(N)[C@@H](COPS)O1)CN2. The summed E-state index contributed by atoms with van der Waals surface area (Å²) in [6.07, 6.45) is -0.355. The summed E-state index contributed by atoms with van der Waals surface area (Å²) in [6.45, 7) is 0.886. The van der Waals surface area contributed by atoms with Crippen LogP contribution in [-0.4, -0.2) is 48.7 Å². The minimum absolute atomic E-state index is 0.109. The number of nitrogens with two attached hydrogens (primary N) is 2. The van der Waals surface area contributed by atoms with E-state index < -0.39 is 6.29 Å². The summed E-state index contributed by atoms with van der Waals surface area (Å²) < 4.78 is 11.2. The monoisotopic (exact) mass is 334 g/mol. The molecule has 3 aliphatic heterocycles. The predicted octanol–water partition coefficient (Wildman–Crippen LogP) is -2.12. The Morgan fingerprint density at radius 2 is 2.29 bits per heavy atom. The normalized spacial score (nSPS) is 36.0. The number of thiol groups is 1. The van der Waals surface area contributed by atoms with Crippen LogP contribution in [0.4, 0.5) is 0 Å². The molecule has 3 heterocycles. The van der Waals surface area contributed by atoms with Gasteiger partial charge in [-0.3, -0.25) is 10.5 Å². The molecular weight excluding hydrogens is 315 g/mol. The number of carbonyl (C=O) groups is 1. The summed E-state index contributed by atoms with van der Waals surface area (Å²) in [4.78, 5) is 13.8. The number of nitrogens with zero attached hydrogens (tertiary/aromatic N) is 1. The first kappa shape index (κ1) is 15.1. The number of nitrogens with one attached hydrogen (secondary N) is 3. The maximum atomic E-state index is 11.8. The van der Waals surface area contributed by atoms with E-state index >= 15 is 0 Å². The van der Waals surface area contributed by atoms with Gasteiger partial charge in [-0.2, -0.15) is 0 Å². The van der Waals surface area contributed by atoms with Gasteiger partial charge in [-0.1, -0.05) is 0 Å². The minimum Gasteiger partial charge on any atom is -0.360 e. The fourth-order valence-corrected chi connectivity index (χ4v) is 3.14. The van der Waals surface area contributed by atoms with E-state index in [1.54, 1.807) is 0 Å². The first-order chi connectivity index (χ1) is 10.1. The van der Waals surface area contributed by atoms with Crippen molar-refractivity contribution in [2.45, 2.75) is 31.1 Å². The molecule has 1 amide bonds. The highest BCUT2D eigenvalue weighted by Gasteiger charge is 2.42. The van der Waals surface area contributed by atoms with Crippen LogP contribution in [0.3, 0.4) is 0 Å². The first-order valence-electron chi connectivity index (χ1n) is 6.60. The molecule has 3 unspecified atom stereocenters. The number of carbonyl (C=O) groups excluding carboxylic acids is 1. The number of amides is 1. The lowest BCUT2D eigenvalue weighted by molar-refractivity contribution is -0.119. The second kappa shape index (κ2) is 6.15. The predicted molar refractivity (Wildman–Crippen MR) is 80.6 cm³/mol. The van der Waals surface area contributed by atoms with Gasteiger partial charge in [-0.05, 0) is 0 Å². The topological polar surface area (TPSA) is 127 Å². The molecule has 1 saturated heterocycles. The van der Waals surface area contributed by atoms with Crippen molar-refractivity contribution in [3.63, 3.8) is 0 Å². The molecular formula is C10H19N6O3PS. The molecule has 0 spiro atoms. The molecule has 7 N–H and O–H groups in total. The van der Waals surface area contributed by atoms with Gasteiger partial charge in [0.15, 0.2) is 6.29 Å². The number of rotatable bonds is 4. The van der Waals surface area contributed by atoms with E-state index in [1.807, 2.05) is 4.90 Å². The van der Waals surface area contributed by atoms with Crippen LogP contribution in [0.2, 0.25) is 0 Å². The van der Waals surface area contributed by atoms with Crippen LogP contribution < -0.4 is 27.4 Å². The van der Waals surface area contributed by atoms with Crippen LogP contribution >= 0.6 is 20.3 Å². The largest absolute Gasteiger partial charge is 0.360 e. The van der Waals surface area contributed by atoms with E-state index in [4.69, 9.17) is 20.7 Å². The van der Waals surface area contributed by atoms with E-state index in [0.717, 1.165) is 0 Å². The molecule has 11 heteroatoms. The fraction of sp³-hybridized carbons (Fsp3) is 0.700. The minimum atomic E-state index is -0.613. The summed E-state index contributed by atoms with van der Waals surface area (Å²) >= 11 is 4.03. The van der Waals surface area contributed by atoms with Gasteiger partial charge in [0.05, 0.1) is 27.4 Å². The van der Waals surface area contributed by atoms with Crippen LogP contribution in [0.15, 0.2) is 11.5 Å². The van der Waals surface area contributed by atoms with E-state index in [9.17, 15) is 4.79 Å². The molecule has 9 nitrogen and oxygen atoms in total. The number of hydrogen-bond donors (Lipinski definition) is 6. The third-order valence-corrected chi connectivity index (χ3v) is 4.38. The summed E-state index contributed by atoms with van der Waals surface area (Å²) in [5, 5.41) is 8.67. The summed E-state index contributed by atoms with van der Waals surface area (Å²) in [7, 11) is 0.109. The Labute approximate surface area is 129 Å². The first-order valence-corrected chi connectivity index (χ1v) is 8.79. The summed E-state index contributed by atoms with van der Waals surface area (Å²) in [5.74, 6) is 0.429. The van der Waals surface area contributed by atoms with Gasteiger partial charge in [0, 0.05) is 12.5 Å². The molecule has 3 aliphatic rings. The molecule has 0 aliphatic carbocycles. The second-order valence-electron chi connectivity index (χ2n) is 5.05. The lowest BCUT2D eigenvalue weighted by atomic mass is 10.1. The molecule has 0 aromatic heterocycles. The zero-order chi connectivity index (χ0) is 15.0. The molecule has 5 atom stereocenters. The highest BCUT2D eigenvalue weighted by Crippen LogP contribution is 2.29. The van der Waals surface area contributed by atoms with Crippen molar-refractivity contribution in [1.82, 2.24) is 20.9 Å². The lowest BCUT2D eigenvalue weighted by Gasteiger charge is -2.31. The Bertz CT molecular complexity index is 466. The van der Waals surface area contributed by atoms with Gasteiger partial charge in [0.1, 0.15) is 17.7 Å². The average molecular weight is 334 g/mol.